The first-order valence-corrected chi connectivity index (χ1v) is 4.02. The van der Waals surface area contributed by atoms with Gasteiger partial charge < -0.3 is 15.8 Å². The van der Waals surface area contributed by atoms with Gasteiger partial charge in [0.15, 0.2) is 0 Å². The third-order valence-electron chi connectivity index (χ3n) is 1.60. The highest BCUT2D eigenvalue weighted by Gasteiger charge is 2.22. The molecule has 4 heteroatoms. The van der Waals surface area contributed by atoms with Crippen LogP contribution in [0.5, 0.6) is 0 Å². The molecule has 1 unspecified atom stereocenters. The van der Waals surface area contributed by atoms with Gasteiger partial charge in [0.25, 0.3) is 0 Å². The molecule has 0 saturated carbocycles. The summed E-state index contributed by atoms with van der Waals surface area (Å²) in [6, 6.07) is 0. The van der Waals surface area contributed by atoms with Crippen molar-refractivity contribution in [3.63, 3.8) is 0 Å². The molecule has 0 rings (SSSR count). The molecule has 0 heterocycles. The summed E-state index contributed by atoms with van der Waals surface area (Å²) in [5, 5.41) is 2.51. The maximum atomic E-state index is 11.0. The van der Waals surface area contributed by atoms with Crippen LogP contribution in [0.2, 0.25) is 0 Å². The van der Waals surface area contributed by atoms with Gasteiger partial charge in [-0.3, -0.25) is 4.79 Å². The van der Waals surface area contributed by atoms with E-state index in [9.17, 15) is 4.79 Å². The summed E-state index contributed by atoms with van der Waals surface area (Å²) < 4.78 is 5.40. The second-order valence-corrected chi connectivity index (χ2v) is 3.34. The fourth-order valence-electron chi connectivity index (χ4n) is 0.783. The van der Waals surface area contributed by atoms with Gasteiger partial charge >= 0.3 is 0 Å². The minimum absolute atomic E-state index is 0.128. The number of ether oxygens (including phenoxy) is 1. The van der Waals surface area contributed by atoms with E-state index in [0.29, 0.717) is 6.54 Å². The van der Waals surface area contributed by atoms with Crippen LogP contribution in [0.1, 0.15) is 20.8 Å². The van der Waals surface area contributed by atoms with Crippen molar-refractivity contribution in [3.8, 4) is 0 Å². The average Bonchev–Trinajstić information content (AvgIpc) is 2.02. The number of likely N-dealkylation sites (N-methyl/N-ethyl adjacent to an activating group) is 1. The molecular weight excluding hydrogens is 156 g/mol. The van der Waals surface area contributed by atoms with E-state index in [1.807, 2.05) is 13.8 Å². The zero-order valence-corrected chi connectivity index (χ0v) is 8.18. The minimum atomic E-state index is -0.450. The molecule has 0 radical (unpaired) electrons. The second-order valence-electron chi connectivity index (χ2n) is 3.34. The Morgan fingerprint density at radius 2 is 2.17 bits per heavy atom. The second kappa shape index (κ2) is 4.42. The monoisotopic (exact) mass is 174 g/mol. The first-order chi connectivity index (χ1) is 5.43. The number of nitrogens with two attached hydrogens (primary N) is 1. The van der Waals surface area contributed by atoms with E-state index in [-0.39, 0.29) is 5.91 Å². The highest BCUT2D eigenvalue weighted by Crippen LogP contribution is 2.09. The van der Waals surface area contributed by atoms with Gasteiger partial charge in [-0.2, -0.15) is 0 Å². The number of carbonyl (C=O) groups is 1. The van der Waals surface area contributed by atoms with Gasteiger partial charge in [-0.05, 0) is 20.8 Å². The summed E-state index contributed by atoms with van der Waals surface area (Å²) in [4.78, 5) is 11.0. The van der Waals surface area contributed by atoms with Gasteiger partial charge in [0.1, 0.15) is 6.10 Å². The van der Waals surface area contributed by atoms with Crippen LogP contribution < -0.4 is 11.1 Å². The van der Waals surface area contributed by atoms with Crippen molar-refractivity contribution in [2.45, 2.75) is 32.5 Å². The van der Waals surface area contributed by atoms with Crippen LogP contribution in [0, 0.1) is 0 Å². The van der Waals surface area contributed by atoms with Gasteiger partial charge in [0.2, 0.25) is 5.91 Å². The van der Waals surface area contributed by atoms with Gasteiger partial charge in [-0.25, -0.2) is 0 Å². The number of rotatable bonds is 4. The number of hydrogen-bond acceptors (Lipinski definition) is 3. The lowest BCUT2D eigenvalue weighted by molar-refractivity contribution is -0.140. The maximum Gasteiger partial charge on any atom is 0.248 e. The highest BCUT2D eigenvalue weighted by atomic mass is 16.5. The Balaban J connectivity index is 3.99. The van der Waals surface area contributed by atoms with Crippen LogP contribution in [-0.2, 0) is 9.53 Å². The van der Waals surface area contributed by atoms with Crippen LogP contribution in [0.4, 0.5) is 0 Å². The molecular formula is C8H18N2O2. The van der Waals surface area contributed by atoms with Gasteiger partial charge in [0, 0.05) is 13.6 Å². The molecule has 0 aliphatic carbocycles. The van der Waals surface area contributed by atoms with E-state index < -0.39 is 11.7 Å². The largest absolute Gasteiger partial charge is 0.362 e. The van der Waals surface area contributed by atoms with Gasteiger partial charge in [-0.15, -0.1) is 0 Å². The van der Waals surface area contributed by atoms with Gasteiger partial charge in [0.05, 0.1) is 5.60 Å². The SMILES string of the molecule is CNC(=O)C(C)OC(C)(C)CN. The van der Waals surface area contributed by atoms with Crippen molar-refractivity contribution in [3.05, 3.63) is 0 Å². The van der Waals surface area contributed by atoms with E-state index in [2.05, 4.69) is 5.32 Å². The lowest BCUT2D eigenvalue weighted by atomic mass is 10.1. The number of nitrogens with one attached hydrogen (secondary N) is 1. The Morgan fingerprint density at radius 1 is 1.67 bits per heavy atom. The molecule has 1 amide bonds. The van der Waals surface area contributed by atoms with Crippen LogP contribution in [0.15, 0.2) is 0 Å². The zero-order valence-electron chi connectivity index (χ0n) is 8.18. The van der Waals surface area contributed by atoms with Gasteiger partial charge in [-0.1, -0.05) is 0 Å². The molecule has 0 saturated heterocycles. The smallest absolute Gasteiger partial charge is 0.248 e. The van der Waals surface area contributed by atoms with E-state index in [0.717, 1.165) is 0 Å². The predicted molar refractivity (Wildman–Crippen MR) is 47.7 cm³/mol. The Morgan fingerprint density at radius 3 is 2.50 bits per heavy atom. The Labute approximate surface area is 73.5 Å². The molecule has 0 fully saturated rings. The van der Waals surface area contributed by atoms with E-state index in [1.165, 1.54) is 0 Å². The number of carbonyl (C=O) groups excluding carboxylic acids is 1. The Hall–Kier alpha value is -0.610. The molecule has 0 aromatic heterocycles. The lowest BCUT2D eigenvalue weighted by Gasteiger charge is -2.26. The molecule has 0 aromatic rings. The normalized spacial score (nSPS) is 14.1. The quantitative estimate of drug-likeness (QED) is 0.624. The first kappa shape index (κ1) is 11.4. The summed E-state index contributed by atoms with van der Waals surface area (Å²) >= 11 is 0. The summed E-state index contributed by atoms with van der Waals surface area (Å²) in [5.74, 6) is -0.128. The summed E-state index contributed by atoms with van der Waals surface area (Å²) in [6.07, 6.45) is -0.450. The Kier molecular flexibility index (Phi) is 4.20. The molecule has 0 bridgehead atoms. The maximum absolute atomic E-state index is 11.0. The molecule has 0 spiro atoms. The zero-order chi connectivity index (χ0) is 9.78. The van der Waals surface area contributed by atoms with Crippen molar-refractivity contribution < 1.29 is 9.53 Å². The summed E-state index contributed by atoms with van der Waals surface area (Å²) in [5.41, 5.74) is 5.00. The van der Waals surface area contributed by atoms with E-state index in [1.54, 1.807) is 14.0 Å². The lowest BCUT2D eigenvalue weighted by Crippen LogP contribution is -2.42. The third kappa shape index (κ3) is 3.69. The molecule has 3 N–H and O–H groups in total. The molecule has 0 aromatic carbocycles. The summed E-state index contributed by atoms with van der Waals surface area (Å²) in [7, 11) is 1.58. The predicted octanol–water partition coefficient (Wildman–Crippen LogP) is -0.125. The molecule has 72 valence electrons. The van der Waals surface area contributed by atoms with Crippen molar-refractivity contribution in [2.75, 3.05) is 13.6 Å². The molecule has 1 atom stereocenters. The number of hydrogen-bond donors (Lipinski definition) is 2. The highest BCUT2D eigenvalue weighted by molar-refractivity contribution is 5.79. The molecule has 0 aliphatic heterocycles. The van der Waals surface area contributed by atoms with Crippen LogP contribution >= 0.6 is 0 Å². The summed E-state index contributed by atoms with van der Waals surface area (Å²) in [6.45, 7) is 5.81. The van der Waals surface area contributed by atoms with E-state index in [4.69, 9.17) is 10.5 Å². The minimum Gasteiger partial charge on any atom is -0.362 e. The number of amides is 1. The topological polar surface area (TPSA) is 64.3 Å². The van der Waals surface area contributed by atoms with Crippen LogP contribution in [0.3, 0.4) is 0 Å². The van der Waals surface area contributed by atoms with Crippen molar-refractivity contribution in [1.82, 2.24) is 5.32 Å². The van der Waals surface area contributed by atoms with Crippen molar-refractivity contribution in [1.29, 1.82) is 0 Å². The first-order valence-electron chi connectivity index (χ1n) is 4.02. The molecule has 0 aliphatic rings. The van der Waals surface area contributed by atoms with Crippen LogP contribution in [-0.4, -0.2) is 31.2 Å². The fraction of sp³-hybridized carbons (Fsp3) is 0.875. The fourth-order valence-corrected chi connectivity index (χ4v) is 0.783. The van der Waals surface area contributed by atoms with Crippen molar-refractivity contribution >= 4 is 5.91 Å². The molecule has 4 nitrogen and oxygen atoms in total. The third-order valence-corrected chi connectivity index (χ3v) is 1.60. The average molecular weight is 174 g/mol. The molecule has 12 heavy (non-hydrogen) atoms. The van der Waals surface area contributed by atoms with E-state index >= 15 is 0 Å². The van der Waals surface area contributed by atoms with Crippen LogP contribution in [0.25, 0.3) is 0 Å². The van der Waals surface area contributed by atoms with Crippen molar-refractivity contribution in [2.24, 2.45) is 5.73 Å². The Bertz CT molecular complexity index is 157. The standard InChI is InChI=1S/C8H18N2O2/c1-6(7(11)10-4)12-8(2,3)5-9/h6H,5,9H2,1-4H3,(H,10,11).